The van der Waals surface area contributed by atoms with Crippen molar-refractivity contribution >= 4 is 5.65 Å². The largest absolute Gasteiger partial charge is 0.378 e. The second kappa shape index (κ2) is 7.52. The molecule has 7 nitrogen and oxygen atoms in total. The van der Waals surface area contributed by atoms with Crippen LogP contribution in [-0.2, 0) is 17.8 Å². The lowest BCUT2D eigenvalue weighted by molar-refractivity contribution is 0.181. The van der Waals surface area contributed by atoms with E-state index in [1.807, 2.05) is 44.2 Å². The van der Waals surface area contributed by atoms with E-state index in [0.29, 0.717) is 23.5 Å². The fraction of sp³-hybridized carbons (Fsp3) is 0.227. The molecule has 2 N–H and O–H groups in total. The van der Waals surface area contributed by atoms with Gasteiger partial charge in [0.15, 0.2) is 5.65 Å². The summed E-state index contributed by atoms with van der Waals surface area (Å²) >= 11 is 0. The van der Waals surface area contributed by atoms with Crippen LogP contribution in [0.3, 0.4) is 0 Å². The van der Waals surface area contributed by atoms with E-state index in [-0.39, 0.29) is 11.1 Å². The Balaban J connectivity index is 2.02. The number of H-pyrrole nitrogens is 2. The van der Waals surface area contributed by atoms with Crippen LogP contribution in [-0.4, -0.2) is 26.7 Å². The lowest BCUT2D eigenvalue weighted by Crippen LogP contribution is -2.18. The van der Waals surface area contributed by atoms with Crippen LogP contribution in [0.1, 0.15) is 23.9 Å². The number of aromatic amines is 2. The standard InChI is InChI=1S/C22H22N4O3/c1-4-16-13(2)10-15(22(28)24-16)17-11-19(27)26-21(23-17)20(18(25-26)12-29-3)14-8-6-5-7-9-14/h5-11,25H,4,12H2,1-3H3,(H,24,28). The van der Waals surface area contributed by atoms with Crippen LogP contribution in [0.25, 0.3) is 28.0 Å². The minimum atomic E-state index is -0.291. The molecule has 1 aromatic carbocycles. The highest BCUT2D eigenvalue weighted by molar-refractivity contribution is 5.81. The molecule has 0 atom stereocenters. The van der Waals surface area contributed by atoms with E-state index in [0.717, 1.165) is 34.5 Å². The zero-order valence-electron chi connectivity index (χ0n) is 16.6. The summed E-state index contributed by atoms with van der Waals surface area (Å²) in [5.41, 5.74) is 4.92. The molecule has 148 valence electrons. The van der Waals surface area contributed by atoms with Gasteiger partial charge in [-0.3, -0.25) is 14.7 Å². The zero-order valence-corrected chi connectivity index (χ0v) is 16.6. The fourth-order valence-electron chi connectivity index (χ4n) is 3.61. The molecule has 29 heavy (non-hydrogen) atoms. The van der Waals surface area contributed by atoms with Crippen LogP contribution in [0.4, 0.5) is 0 Å². The highest BCUT2D eigenvalue weighted by Gasteiger charge is 2.18. The highest BCUT2D eigenvalue weighted by atomic mass is 16.5. The van der Waals surface area contributed by atoms with E-state index in [1.165, 1.54) is 10.6 Å². The average Bonchev–Trinajstić information content (AvgIpc) is 3.09. The molecule has 0 saturated carbocycles. The van der Waals surface area contributed by atoms with Crippen molar-refractivity contribution in [2.24, 2.45) is 0 Å². The van der Waals surface area contributed by atoms with Gasteiger partial charge in [-0.25, -0.2) is 9.50 Å². The first-order chi connectivity index (χ1) is 14.0. The molecule has 4 rings (SSSR count). The molecular weight excluding hydrogens is 368 g/mol. The minimum Gasteiger partial charge on any atom is -0.378 e. The summed E-state index contributed by atoms with van der Waals surface area (Å²) in [5, 5.41) is 3.09. The number of nitrogens with one attached hydrogen (secondary N) is 2. The van der Waals surface area contributed by atoms with Crippen LogP contribution in [0.5, 0.6) is 0 Å². The summed E-state index contributed by atoms with van der Waals surface area (Å²) in [6.07, 6.45) is 0.729. The van der Waals surface area contributed by atoms with Crippen molar-refractivity contribution in [3.05, 3.63) is 80.1 Å². The number of hydrogen-bond donors (Lipinski definition) is 2. The smallest absolute Gasteiger partial charge is 0.273 e. The van der Waals surface area contributed by atoms with Gasteiger partial charge >= 0.3 is 0 Å². The number of hydrogen-bond acceptors (Lipinski definition) is 4. The Labute approximate surface area is 167 Å². The van der Waals surface area contributed by atoms with Crippen LogP contribution >= 0.6 is 0 Å². The summed E-state index contributed by atoms with van der Waals surface area (Å²) < 4.78 is 6.70. The number of rotatable bonds is 5. The van der Waals surface area contributed by atoms with Crippen molar-refractivity contribution in [1.82, 2.24) is 19.6 Å². The van der Waals surface area contributed by atoms with Gasteiger partial charge < -0.3 is 9.72 Å². The van der Waals surface area contributed by atoms with Gasteiger partial charge in [0.25, 0.3) is 11.1 Å². The van der Waals surface area contributed by atoms with Crippen LogP contribution in [0.15, 0.2) is 52.1 Å². The van der Waals surface area contributed by atoms with E-state index < -0.39 is 0 Å². The summed E-state index contributed by atoms with van der Waals surface area (Å²) in [7, 11) is 1.60. The molecule has 4 aromatic rings. The predicted octanol–water partition coefficient (Wildman–Crippen LogP) is 3.06. The number of benzene rings is 1. The van der Waals surface area contributed by atoms with Crippen molar-refractivity contribution in [2.45, 2.75) is 26.9 Å². The predicted molar refractivity (Wildman–Crippen MR) is 112 cm³/mol. The second-order valence-electron chi connectivity index (χ2n) is 6.93. The minimum absolute atomic E-state index is 0.252. The van der Waals surface area contributed by atoms with Crippen LogP contribution in [0.2, 0.25) is 0 Å². The van der Waals surface area contributed by atoms with Crippen LogP contribution in [0, 0.1) is 6.92 Å². The number of aromatic nitrogens is 4. The lowest BCUT2D eigenvalue weighted by Gasteiger charge is -2.07. The Kier molecular flexibility index (Phi) is 4.90. The van der Waals surface area contributed by atoms with Gasteiger partial charge in [-0.1, -0.05) is 37.3 Å². The summed E-state index contributed by atoms with van der Waals surface area (Å²) in [5.74, 6) is 0. The summed E-state index contributed by atoms with van der Waals surface area (Å²) in [6.45, 7) is 4.22. The van der Waals surface area contributed by atoms with Gasteiger partial charge in [-0.15, -0.1) is 0 Å². The third-order valence-electron chi connectivity index (χ3n) is 5.02. The van der Waals surface area contributed by atoms with Gasteiger partial charge in [0, 0.05) is 24.4 Å². The van der Waals surface area contributed by atoms with E-state index in [2.05, 4.69) is 10.1 Å². The maximum atomic E-state index is 12.8. The molecule has 0 amide bonds. The Bertz CT molecular complexity index is 1300. The maximum Gasteiger partial charge on any atom is 0.273 e. The molecule has 0 aliphatic carbocycles. The number of nitrogens with zero attached hydrogens (tertiary/aromatic N) is 2. The quantitative estimate of drug-likeness (QED) is 0.548. The van der Waals surface area contributed by atoms with Crippen molar-refractivity contribution in [3.8, 4) is 22.4 Å². The first kappa shape index (κ1) is 18.9. The summed E-state index contributed by atoms with van der Waals surface area (Å²) in [4.78, 5) is 33.1. The Morgan fingerprint density at radius 1 is 1.10 bits per heavy atom. The van der Waals surface area contributed by atoms with Crippen molar-refractivity contribution in [2.75, 3.05) is 7.11 Å². The first-order valence-electron chi connectivity index (χ1n) is 9.45. The highest BCUT2D eigenvalue weighted by Crippen LogP contribution is 2.28. The Morgan fingerprint density at radius 3 is 2.55 bits per heavy atom. The molecular formula is C22H22N4O3. The monoisotopic (exact) mass is 390 g/mol. The molecule has 7 heteroatoms. The molecule has 0 aliphatic heterocycles. The molecule has 0 fully saturated rings. The number of fused-ring (bicyclic) bond motifs is 1. The second-order valence-corrected chi connectivity index (χ2v) is 6.93. The molecule has 0 unspecified atom stereocenters. The molecule has 0 saturated heterocycles. The maximum absolute atomic E-state index is 12.8. The molecule has 3 heterocycles. The van der Waals surface area contributed by atoms with Crippen LogP contribution < -0.4 is 11.1 Å². The molecule has 0 spiro atoms. The van der Waals surface area contributed by atoms with Gasteiger partial charge in [-0.05, 0) is 30.5 Å². The van der Waals surface area contributed by atoms with Crippen molar-refractivity contribution < 1.29 is 4.74 Å². The first-order valence-corrected chi connectivity index (χ1v) is 9.45. The molecule has 3 aromatic heterocycles. The number of pyridine rings is 1. The Morgan fingerprint density at radius 2 is 1.86 bits per heavy atom. The Hall–Kier alpha value is -3.45. The third-order valence-corrected chi connectivity index (χ3v) is 5.02. The molecule has 0 radical (unpaired) electrons. The van der Waals surface area contributed by atoms with Gasteiger partial charge in [0.05, 0.1) is 23.6 Å². The van der Waals surface area contributed by atoms with Gasteiger partial charge in [0.2, 0.25) is 0 Å². The van der Waals surface area contributed by atoms with E-state index in [9.17, 15) is 9.59 Å². The number of ether oxygens (including phenoxy) is 1. The van der Waals surface area contributed by atoms with Crippen molar-refractivity contribution in [3.63, 3.8) is 0 Å². The van der Waals surface area contributed by atoms with Crippen molar-refractivity contribution in [1.29, 1.82) is 0 Å². The third kappa shape index (κ3) is 3.30. The van der Waals surface area contributed by atoms with E-state index in [1.54, 1.807) is 13.2 Å². The van der Waals surface area contributed by atoms with E-state index >= 15 is 0 Å². The number of methoxy groups -OCH3 is 1. The average molecular weight is 390 g/mol. The normalized spacial score (nSPS) is 11.3. The number of aryl methyl sites for hydroxylation is 2. The molecule has 0 aliphatic rings. The van der Waals surface area contributed by atoms with Gasteiger partial charge in [-0.2, -0.15) is 0 Å². The summed E-state index contributed by atoms with van der Waals surface area (Å²) in [6, 6.07) is 12.9. The van der Waals surface area contributed by atoms with E-state index in [4.69, 9.17) is 9.72 Å². The van der Waals surface area contributed by atoms with Gasteiger partial charge in [0.1, 0.15) is 0 Å². The molecule has 0 bridgehead atoms. The fourth-order valence-corrected chi connectivity index (χ4v) is 3.61. The SMILES string of the molecule is CCc1[nH]c(=O)c(-c2cc(=O)n3[nH]c(COC)c(-c4ccccc4)c3n2)cc1C. The zero-order chi connectivity index (χ0) is 20.5. The lowest BCUT2D eigenvalue weighted by atomic mass is 10.1. The topological polar surface area (TPSA) is 92.2 Å².